The van der Waals surface area contributed by atoms with Crippen LogP contribution in [0.2, 0.25) is 10.0 Å². The first kappa shape index (κ1) is 19.3. The third-order valence-corrected chi connectivity index (χ3v) is 5.18. The molecule has 140 valence electrons. The largest absolute Gasteiger partial charge is 0.352 e. The van der Waals surface area contributed by atoms with Crippen molar-refractivity contribution in [1.82, 2.24) is 14.8 Å². The summed E-state index contributed by atoms with van der Waals surface area (Å²) >= 11 is 12.3. The Balaban J connectivity index is 1.86. The Hall–Kier alpha value is -1.47. The molecular weight excluding hydrogens is 377 g/mol. The fourth-order valence-corrected chi connectivity index (χ4v) is 3.49. The second kappa shape index (κ2) is 8.05. The summed E-state index contributed by atoms with van der Waals surface area (Å²) in [5, 5.41) is 5.24. The number of ether oxygens (including phenoxy) is 2. The van der Waals surface area contributed by atoms with Crippen molar-refractivity contribution < 1.29 is 14.3 Å². The second-order valence-electron chi connectivity index (χ2n) is 6.72. The molecule has 1 saturated heterocycles. The highest BCUT2D eigenvalue weighted by Crippen LogP contribution is 2.33. The monoisotopic (exact) mass is 397 g/mol. The van der Waals surface area contributed by atoms with E-state index in [9.17, 15) is 4.79 Å². The molecule has 1 aliphatic heterocycles. The molecule has 2 heterocycles. The van der Waals surface area contributed by atoms with Gasteiger partial charge in [-0.05, 0) is 31.0 Å². The van der Waals surface area contributed by atoms with Crippen LogP contribution in [0.15, 0.2) is 30.9 Å². The molecule has 1 aliphatic rings. The number of hydrogen-bond donors (Lipinski definition) is 0. The molecule has 0 aliphatic carbocycles. The van der Waals surface area contributed by atoms with Crippen molar-refractivity contribution in [3.05, 3.63) is 46.5 Å². The molecule has 0 N–H and O–H groups in total. The van der Waals surface area contributed by atoms with Crippen LogP contribution in [0, 0.1) is 5.41 Å². The van der Waals surface area contributed by atoms with Crippen LogP contribution in [-0.4, -0.2) is 40.1 Å². The summed E-state index contributed by atoms with van der Waals surface area (Å²) in [6.07, 6.45) is 3.82. The maximum atomic E-state index is 13.4. The lowest BCUT2D eigenvalue weighted by atomic mass is 9.81. The van der Waals surface area contributed by atoms with Crippen LogP contribution in [-0.2, 0) is 20.7 Å². The van der Waals surface area contributed by atoms with Gasteiger partial charge in [-0.1, -0.05) is 36.2 Å². The number of ketones is 1. The molecule has 0 amide bonds. The Morgan fingerprint density at radius 2 is 2.12 bits per heavy atom. The first-order valence-corrected chi connectivity index (χ1v) is 9.24. The fraction of sp³-hybridized carbons (Fsp3) is 0.500. The van der Waals surface area contributed by atoms with Gasteiger partial charge < -0.3 is 9.47 Å². The number of rotatable bonds is 6. The third kappa shape index (κ3) is 4.09. The lowest BCUT2D eigenvalue weighted by Gasteiger charge is -2.37. The maximum absolute atomic E-state index is 13.4. The molecule has 0 bridgehead atoms. The van der Waals surface area contributed by atoms with E-state index in [1.54, 1.807) is 16.8 Å². The van der Waals surface area contributed by atoms with Crippen molar-refractivity contribution in [3.63, 3.8) is 0 Å². The lowest BCUT2D eigenvalue weighted by Crippen LogP contribution is -2.48. The van der Waals surface area contributed by atoms with Gasteiger partial charge in [0.1, 0.15) is 18.7 Å². The Labute approximate surface area is 162 Å². The summed E-state index contributed by atoms with van der Waals surface area (Å²) in [7, 11) is 0. The van der Waals surface area contributed by atoms with E-state index in [1.807, 2.05) is 19.9 Å². The topological polar surface area (TPSA) is 66.2 Å². The Morgan fingerprint density at radius 1 is 1.38 bits per heavy atom. The van der Waals surface area contributed by atoms with Crippen LogP contribution >= 0.6 is 23.2 Å². The number of Topliss-reactive ketones (excluding diaryl/α,β-unsaturated/α-hetero) is 1. The predicted octanol–water partition coefficient (Wildman–Crippen LogP) is 3.73. The molecule has 1 atom stereocenters. The van der Waals surface area contributed by atoms with E-state index < -0.39 is 11.5 Å². The van der Waals surface area contributed by atoms with E-state index in [0.29, 0.717) is 29.7 Å². The highest BCUT2D eigenvalue weighted by molar-refractivity contribution is 6.35. The number of nitrogens with zero attached hydrogens (tertiary/aromatic N) is 3. The quantitative estimate of drug-likeness (QED) is 0.742. The summed E-state index contributed by atoms with van der Waals surface area (Å²) in [6.45, 7) is 4.46. The van der Waals surface area contributed by atoms with Gasteiger partial charge in [0.2, 0.25) is 0 Å². The molecule has 1 fully saturated rings. The van der Waals surface area contributed by atoms with Gasteiger partial charge in [0.05, 0.1) is 18.6 Å². The molecule has 0 spiro atoms. The number of hydrogen-bond acceptors (Lipinski definition) is 5. The summed E-state index contributed by atoms with van der Waals surface area (Å²) in [4.78, 5) is 17.4. The van der Waals surface area contributed by atoms with Gasteiger partial charge in [-0.25, -0.2) is 9.67 Å². The zero-order valence-corrected chi connectivity index (χ0v) is 16.2. The van der Waals surface area contributed by atoms with Gasteiger partial charge in [-0.3, -0.25) is 4.79 Å². The van der Waals surface area contributed by atoms with E-state index >= 15 is 0 Å². The van der Waals surface area contributed by atoms with Gasteiger partial charge in [0, 0.05) is 16.5 Å². The maximum Gasteiger partial charge on any atom is 0.168 e. The van der Waals surface area contributed by atoms with Crippen LogP contribution in [0.1, 0.15) is 31.9 Å². The van der Waals surface area contributed by atoms with E-state index in [0.717, 1.165) is 12.0 Å². The van der Waals surface area contributed by atoms with Crippen LogP contribution in [0.4, 0.5) is 0 Å². The Bertz CT molecular complexity index is 759. The summed E-state index contributed by atoms with van der Waals surface area (Å²) < 4.78 is 12.9. The van der Waals surface area contributed by atoms with Crippen LogP contribution < -0.4 is 0 Å². The minimum atomic E-state index is -0.763. The highest BCUT2D eigenvalue weighted by Gasteiger charge is 2.43. The Kier molecular flexibility index (Phi) is 5.97. The average molecular weight is 398 g/mol. The fourth-order valence-electron chi connectivity index (χ4n) is 3.00. The summed E-state index contributed by atoms with van der Waals surface area (Å²) in [6, 6.07) is 4.69. The molecule has 6 nitrogen and oxygen atoms in total. The van der Waals surface area contributed by atoms with Gasteiger partial charge in [0.25, 0.3) is 0 Å². The molecule has 8 heteroatoms. The molecule has 0 saturated carbocycles. The number of carbonyl (C=O) groups is 1. The average Bonchev–Trinajstić information content (AvgIpc) is 3.15. The van der Waals surface area contributed by atoms with E-state index in [4.69, 9.17) is 32.7 Å². The standard InChI is InChI=1S/C18H21Cl2N3O3/c1-3-16-25-8-18(2,9-26-16)17(24)15(23-11-21-10-22-23)6-12-4-5-13(19)7-14(12)20/h4-5,7,10-11,15-16H,3,6,8-9H2,1-2H3. The van der Waals surface area contributed by atoms with Crippen LogP contribution in [0.5, 0.6) is 0 Å². The highest BCUT2D eigenvalue weighted by atomic mass is 35.5. The van der Waals surface area contributed by atoms with Crippen molar-refractivity contribution in [1.29, 1.82) is 0 Å². The first-order chi connectivity index (χ1) is 12.4. The minimum Gasteiger partial charge on any atom is -0.352 e. The SMILES string of the molecule is CCC1OCC(C)(C(=O)C(Cc2ccc(Cl)cc2Cl)n2cncn2)CO1. The van der Waals surface area contributed by atoms with E-state index in [1.165, 1.54) is 12.7 Å². The van der Waals surface area contributed by atoms with Crippen LogP contribution in [0.3, 0.4) is 0 Å². The zero-order chi connectivity index (χ0) is 18.7. The van der Waals surface area contributed by atoms with E-state index in [2.05, 4.69) is 10.1 Å². The van der Waals surface area contributed by atoms with E-state index in [-0.39, 0.29) is 12.1 Å². The van der Waals surface area contributed by atoms with Gasteiger partial charge in [-0.2, -0.15) is 5.10 Å². The van der Waals surface area contributed by atoms with Gasteiger partial charge in [-0.15, -0.1) is 0 Å². The summed E-state index contributed by atoms with van der Waals surface area (Å²) in [5.41, 5.74) is 0.0545. The number of benzene rings is 1. The smallest absolute Gasteiger partial charge is 0.168 e. The minimum absolute atomic E-state index is 0.0245. The normalized spacial score (nSPS) is 24.4. The Morgan fingerprint density at radius 3 is 2.69 bits per heavy atom. The molecule has 0 radical (unpaired) electrons. The van der Waals surface area contributed by atoms with Crippen molar-refractivity contribution in [2.45, 2.75) is 39.0 Å². The van der Waals surface area contributed by atoms with Crippen molar-refractivity contribution in [2.75, 3.05) is 13.2 Å². The van der Waals surface area contributed by atoms with Crippen molar-refractivity contribution in [3.8, 4) is 0 Å². The molecule has 3 rings (SSSR count). The molecule has 2 aromatic rings. The van der Waals surface area contributed by atoms with Gasteiger partial charge in [0.15, 0.2) is 12.1 Å². The summed E-state index contributed by atoms with van der Waals surface area (Å²) in [5.74, 6) is -0.0245. The number of aromatic nitrogens is 3. The molecule has 1 aromatic carbocycles. The molecule has 1 aromatic heterocycles. The second-order valence-corrected chi connectivity index (χ2v) is 7.56. The van der Waals surface area contributed by atoms with Gasteiger partial charge >= 0.3 is 0 Å². The molecule has 1 unspecified atom stereocenters. The van der Waals surface area contributed by atoms with Crippen molar-refractivity contribution >= 4 is 29.0 Å². The lowest BCUT2D eigenvalue weighted by molar-refractivity contribution is -0.224. The van der Waals surface area contributed by atoms with Crippen LogP contribution in [0.25, 0.3) is 0 Å². The number of halogens is 2. The third-order valence-electron chi connectivity index (χ3n) is 4.59. The predicted molar refractivity (Wildman–Crippen MR) is 98.3 cm³/mol. The molecular formula is C18H21Cl2N3O3. The molecule has 26 heavy (non-hydrogen) atoms. The zero-order valence-electron chi connectivity index (χ0n) is 14.7. The van der Waals surface area contributed by atoms with Crippen molar-refractivity contribution in [2.24, 2.45) is 5.41 Å². The number of carbonyl (C=O) groups excluding carboxylic acids is 1. The first-order valence-electron chi connectivity index (χ1n) is 8.48.